The van der Waals surface area contributed by atoms with Crippen LogP contribution in [-0.2, 0) is 14.9 Å². The van der Waals surface area contributed by atoms with Crippen molar-refractivity contribution in [2.24, 2.45) is 5.92 Å². The smallest absolute Gasteiger partial charge is 0.311 e. The zero-order valence-corrected chi connectivity index (χ0v) is 24.4. The molecule has 2 heterocycles. The molecule has 238 valence electrons. The summed E-state index contributed by atoms with van der Waals surface area (Å²) in [6, 6.07) is 18.0. The molecule has 2 aliphatic rings. The van der Waals surface area contributed by atoms with Crippen LogP contribution in [0.2, 0.25) is 0 Å². The van der Waals surface area contributed by atoms with E-state index in [-0.39, 0.29) is 29.3 Å². The lowest BCUT2D eigenvalue weighted by Gasteiger charge is -2.50. The summed E-state index contributed by atoms with van der Waals surface area (Å²) in [4.78, 5) is 2.08. The van der Waals surface area contributed by atoms with Crippen molar-refractivity contribution in [1.29, 1.82) is 0 Å². The molecule has 3 aromatic rings. The third-order valence-electron chi connectivity index (χ3n) is 8.24. The van der Waals surface area contributed by atoms with Crippen LogP contribution in [-0.4, -0.2) is 83.4 Å². The topological polar surface area (TPSA) is 157 Å². The summed E-state index contributed by atoms with van der Waals surface area (Å²) < 4.78 is 63.0. The lowest BCUT2D eigenvalue weighted by atomic mass is 9.79. The third kappa shape index (κ3) is 7.20. The molecule has 0 spiro atoms. The molecule has 0 bridgehead atoms. The maximum Gasteiger partial charge on any atom is 0.311 e. The molecule has 5 rings (SSSR count). The Labute approximate surface area is 253 Å². The Balaban J connectivity index is 1.27. The molecule has 0 saturated carbocycles. The van der Waals surface area contributed by atoms with E-state index in [0.29, 0.717) is 24.9 Å². The quantitative estimate of drug-likeness (QED) is 0.198. The summed E-state index contributed by atoms with van der Waals surface area (Å²) in [5.74, 6) is -1.50. The van der Waals surface area contributed by atoms with Crippen LogP contribution in [0.3, 0.4) is 0 Å². The van der Waals surface area contributed by atoms with Crippen LogP contribution in [0.15, 0.2) is 72.8 Å². The summed E-state index contributed by atoms with van der Waals surface area (Å²) in [7, 11) is -4.34. The molecular weight excluding hydrogens is 600 g/mol. The van der Waals surface area contributed by atoms with Crippen molar-refractivity contribution in [3.63, 3.8) is 0 Å². The van der Waals surface area contributed by atoms with Crippen molar-refractivity contribution in [3.05, 3.63) is 95.6 Å². The molecule has 2 fully saturated rings. The standard InChI is InChI=1S/C31H35F2NO9S/c32-21-6-1-18(2-7-21)25(36)14-5-20-15-34(23-10-8-22(33)9-11-23)28(20)19-3-12-24(13-4-19)43-44(40,41)17-27-30(38)31(39)29(37)26(16-35)42-27/h1-4,6-13,20,25-31,35-39H,5,14-17H2/t20-,25-,26+,27-,28+,29+,30-,31-/m0/s1. The van der Waals surface area contributed by atoms with Gasteiger partial charge in [-0.1, -0.05) is 24.3 Å². The van der Waals surface area contributed by atoms with Crippen LogP contribution >= 0.6 is 0 Å². The van der Waals surface area contributed by atoms with Gasteiger partial charge in [-0.05, 0) is 72.5 Å². The van der Waals surface area contributed by atoms with Gasteiger partial charge < -0.3 is 39.4 Å². The number of hydrogen-bond acceptors (Lipinski definition) is 10. The first kappa shape index (κ1) is 32.2. The summed E-state index contributed by atoms with van der Waals surface area (Å²) >= 11 is 0. The Morgan fingerprint density at radius 3 is 2.07 bits per heavy atom. The van der Waals surface area contributed by atoms with Gasteiger partial charge in [0.15, 0.2) is 0 Å². The average molecular weight is 636 g/mol. The number of rotatable bonds is 11. The molecule has 8 atom stereocenters. The second-order valence-electron chi connectivity index (χ2n) is 11.2. The number of benzene rings is 3. The van der Waals surface area contributed by atoms with E-state index < -0.39 is 59.1 Å². The monoisotopic (exact) mass is 635 g/mol. The van der Waals surface area contributed by atoms with Gasteiger partial charge in [0.05, 0.1) is 18.8 Å². The van der Waals surface area contributed by atoms with E-state index in [0.717, 1.165) is 11.3 Å². The van der Waals surface area contributed by atoms with Gasteiger partial charge in [-0.3, -0.25) is 0 Å². The molecule has 0 aromatic heterocycles. The van der Waals surface area contributed by atoms with Crippen molar-refractivity contribution in [3.8, 4) is 5.75 Å². The fourth-order valence-electron chi connectivity index (χ4n) is 5.82. The van der Waals surface area contributed by atoms with Gasteiger partial charge in [-0.25, -0.2) is 8.78 Å². The number of aliphatic hydroxyl groups excluding tert-OH is 5. The zero-order chi connectivity index (χ0) is 31.6. The van der Waals surface area contributed by atoms with Gasteiger partial charge in [0.1, 0.15) is 53.7 Å². The Bertz CT molecular complexity index is 1490. The van der Waals surface area contributed by atoms with Gasteiger partial charge >= 0.3 is 10.1 Å². The Morgan fingerprint density at radius 1 is 0.864 bits per heavy atom. The summed E-state index contributed by atoms with van der Waals surface area (Å²) in [6.45, 7) is -0.0513. The fraction of sp³-hybridized carbons (Fsp3) is 0.419. The molecule has 0 unspecified atom stereocenters. The number of ether oxygens (including phenoxy) is 1. The first-order valence-electron chi connectivity index (χ1n) is 14.2. The third-order valence-corrected chi connectivity index (χ3v) is 9.43. The lowest BCUT2D eigenvalue weighted by molar-refractivity contribution is -0.223. The van der Waals surface area contributed by atoms with Crippen LogP contribution in [0.4, 0.5) is 14.5 Å². The number of nitrogens with zero attached hydrogens (tertiary/aromatic N) is 1. The predicted octanol–water partition coefficient (Wildman–Crippen LogP) is 2.21. The molecular formula is C31H35F2NO9S. The van der Waals surface area contributed by atoms with Crippen LogP contribution in [0.1, 0.15) is 36.1 Å². The highest BCUT2D eigenvalue weighted by atomic mass is 32.2. The van der Waals surface area contributed by atoms with Gasteiger partial charge in [0.25, 0.3) is 0 Å². The first-order chi connectivity index (χ1) is 21.0. The van der Waals surface area contributed by atoms with E-state index >= 15 is 0 Å². The number of hydrogen-bond donors (Lipinski definition) is 5. The van der Waals surface area contributed by atoms with E-state index in [1.807, 2.05) is 0 Å². The summed E-state index contributed by atoms with van der Waals surface area (Å²) in [6.07, 6.45) is -7.45. The predicted molar refractivity (Wildman–Crippen MR) is 155 cm³/mol. The highest BCUT2D eigenvalue weighted by Gasteiger charge is 2.45. The van der Waals surface area contributed by atoms with Crippen molar-refractivity contribution in [2.45, 2.75) is 55.5 Å². The molecule has 3 aromatic carbocycles. The minimum atomic E-state index is -4.34. The van der Waals surface area contributed by atoms with Gasteiger partial charge in [-0.2, -0.15) is 8.42 Å². The molecule has 2 aliphatic heterocycles. The van der Waals surface area contributed by atoms with Gasteiger partial charge in [0, 0.05) is 18.2 Å². The minimum Gasteiger partial charge on any atom is -0.394 e. The Kier molecular flexibility index (Phi) is 9.85. The Morgan fingerprint density at radius 2 is 1.45 bits per heavy atom. The lowest BCUT2D eigenvalue weighted by Crippen LogP contribution is -2.60. The van der Waals surface area contributed by atoms with Crippen molar-refractivity contribution in [2.75, 3.05) is 23.8 Å². The maximum absolute atomic E-state index is 13.6. The van der Waals surface area contributed by atoms with Crippen LogP contribution < -0.4 is 9.08 Å². The van der Waals surface area contributed by atoms with E-state index in [4.69, 9.17) is 8.92 Å². The fourth-order valence-corrected chi connectivity index (χ4v) is 6.98. The van der Waals surface area contributed by atoms with Crippen LogP contribution in [0.5, 0.6) is 5.75 Å². The first-order valence-corrected chi connectivity index (χ1v) is 15.8. The summed E-state index contributed by atoms with van der Waals surface area (Å²) in [5, 5.41) is 50.1. The number of halogens is 2. The highest BCUT2D eigenvalue weighted by molar-refractivity contribution is 7.87. The molecule has 10 nitrogen and oxygen atoms in total. The SMILES string of the molecule is O=S(=O)(C[C@@H]1O[C@H](CO)[C@@H](O)[C@H](O)[C@H]1O)Oc1ccc([C@@H]2[C@@H](CC[C@H](O)c3ccc(F)cc3)CN2c2ccc(F)cc2)cc1. The van der Waals surface area contributed by atoms with Gasteiger partial charge in [-0.15, -0.1) is 0 Å². The molecule has 2 saturated heterocycles. The molecule has 0 amide bonds. The van der Waals surface area contributed by atoms with E-state index in [9.17, 15) is 42.7 Å². The Hall–Kier alpha value is -3.17. The molecule has 44 heavy (non-hydrogen) atoms. The molecule has 0 aliphatic carbocycles. The minimum absolute atomic E-state index is 0.00530. The molecule has 5 N–H and O–H groups in total. The van der Waals surface area contributed by atoms with E-state index in [1.165, 1.54) is 36.4 Å². The molecule has 0 radical (unpaired) electrons. The second-order valence-corrected chi connectivity index (χ2v) is 12.8. The van der Waals surface area contributed by atoms with Crippen molar-refractivity contribution in [1.82, 2.24) is 0 Å². The van der Waals surface area contributed by atoms with Crippen molar-refractivity contribution < 1.29 is 51.7 Å². The normalized spacial score (nSPS) is 27.9. The van der Waals surface area contributed by atoms with E-state index in [1.54, 1.807) is 36.4 Å². The maximum atomic E-state index is 13.6. The molecule has 13 heteroatoms. The van der Waals surface area contributed by atoms with E-state index in [2.05, 4.69) is 4.90 Å². The van der Waals surface area contributed by atoms with Crippen molar-refractivity contribution >= 4 is 15.8 Å². The zero-order valence-electron chi connectivity index (χ0n) is 23.6. The van der Waals surface area contributed by atoms with Crippen LogP contribution in [0, 0.1) is 17.6 Å². The number of aliphatic hydroxyl groups is 5. The largest absolute Gasteiger partial charge is 0.394 e. The average Bonchev–Trinajstić information content (AvgIpc) is 2.98. The highest BCUT2D eigenvalue weighted by Crippen LogP contribution is 2.45. The van der Waals surface area contributed by atoms with Crippen LogP contribution in [0.25, 0.3) is 0 Å². The number of anilines is 1. The van der Waals surface area contributed by atoms with Gasteiger partial charge in [0.2, 0.25) is 0 Å². The summed E-state index contributed by atoms with van der Waals surface area (Å²) in [5.41, 5.74) is 2.25. The second kappa shape index (κ2) is 13.4.